The Bertz CT molecular complexity index is 274. The molecule has 1 aliphatic heterocycles. The largest absolute Gasteiger partial charge is 0.377 e. The van der Waals surface area contributed by atoms with Gasteiger partial charge in [-0.25, -0.2) is 0 Å². The fourth-order valence-electron chi connectivity index (χ4n) is 1.80. The summed E-state index contributed by atoms with van der Waals surface area (Å²) >= 11 is 0. The second-order valence-electron chi connectivity index (χ2n) is 3.51. The lowest BCUT2D eigenvalue weighted by Crippen LogP contribution is -2.34. The highest BCUT2D eigenvalue weighted by Crippen LogP contribution is 2.21. The van der Waals surface area contributed by atoms with Gasteiger partial charge in [-0.2, -0.15) is 0 Å². The zero-order valence-corrected chi connectivity index (χ0v) is 7.48. The van der Waals surface area contributed by atoms with Crippen LogP contribution < -0.4 is 5.73 Å². The second kappa shape index (κ2) is 3.46. The Balaban J connectivity index is 2.05. The Morgan fingerprint density at radius 3 is 2.31 bits per heavy atom. The summed E-state index contributed by atoms with van der Waals surface area (Å²) in [4.78, 5) is 2.15. The topological polar surface area (TPSA) is 49.5 Å². The van der Waals surface area contributed by atoms with Crippen LogP contribution in [-0.2, 0) is 13.1 Å². The van der Waals surface area contributed by atoms with Gasteiger partial charge in [-0.05, 0) is 11.1 Å². The number of aliphatic hydroxyl groups excluding tert-OH is 1. The van der Waals surface area contributed by atoms with Crippen molar-refractivity contribution < 1.29 is 5.11 Å². The van der Waals surface area contributed by atoms with Gasteiger partial charge in [-0.3, -0.25) is 4.90 Å². The minimum absolute atomic E-state index is 0.550. The number of rotatable bonds is 2. The van der Waals surface area contributed by atoms with E-state index in [0.717, 1.165) is 13.1 Å². The van der Waals surface area contributed by atoms with Gasteiger partial charge in [0.25, 0.3) is 0 Å². The molecule has 0 aliphatic carbocycles. The molecule has 0 amide bonds. The van der Waals surface area contributed by atoms with Gasteiger partial charge < -0.3 is 10.8 Å². The summed E-state index contributed by atoms with van der Waals surface area (Å²) in [6.45, 7) is 2.36. The lowest BCUT2D eigenvalue weighted by atomic mass is 10.1. The van der Waals surface area contributed by atoms with Gasteiger partial charge >= 0.3 is 0 Å². The minimum Gasteiger partial charge on any atom is -0.377 e. The van der Waals surface area contributed by atoms with Crippen LogP contribution in [0.2, 0.25) is 0 Å². The molecule has 1 unspecified atom stereocenters. The van der Waals surface area contributed by atoms with Gasteiger partial charge in [0.2, 0.25) is 0 Å². The Morgan fingerprint density at radius 1 is 1.31 bits per heavy atom. The zero-order valence-electron chi connectivity index (χ0n) is 7.48. The van der Waals surface area contributed by atoms with E-state index >= 15 is 0 Å². The molecule has 1 atom stereocenters. The van der Waals surface area contributed by atoms with Crippen LogP contribution in [0.4, 0.5) is 0 Å². The van der Waals surface area contributed by atoms with Gasteiger partial charge in [-0.1, -0.05) is 24.3 Å². The highest BCUT2D eigenvalue weighted by Gasteiger charge is 2.18. The monoisotopic (exact) mass is 178 g/mol. The maximum absolute atomic E-state index is 9.03. The molecular formula is C10H14N2O. The minimum atomic E-state index is -0.727. The summed E-state index contributed by atoms with van der Waals surface area (Å²) < 4.78 is 0. The highest BCUT2D eigenvalue weighted by atomic mass is 16.3. The van der Waals surface area contributed by atoms with Crippen LogP contribution in [0.15, 0.2) is 24.3 Å². The predicted molar refractivity (Wildman–Crippen MR) is 50.8 cm³/mol. The van der Waals surface area contributed by atoms with Crippen molar-refractivity contribution in [2.24, 2.45) is 5.73 Å². The van der Waals surface area contributed by atoms with Crippen LogP contribution in [0.5, 0.6) is 0 Å². The van der Waals surface area contributed by atoms with Gasteiger partial charge in [0, 0.05) is 19.6 Å². The molecule has 0 saturated carbocycles. The standard InChI is InChI=1S/C10H14N2O/c11-10(13)7-12-5-8-3-1-2-4-9(8)6-12/h1-4,10,13H,5-7,11H2. The molecule has 13 heavy (non-hydrogen) atoms. The summed E-state index contributed by atoms with van der Waals surface area (Å²) in [6.07, 6.45) is -0.727. The summed E-state index contributed by atoms with van der Waals surface area (Å²) in [5.74, 6) is 0. The number of fused-ring (bicyclic) bond motifs is 1. The first-order valence-corrected chi connectivity index (χ1v) is 4.48. The lowest BCUT2D eigenvalue weighted by molar-refractivity contribution is 0.117. The molecule has 0 fully saturated rings. The summed E-state index contributed by atoms with van der Waals surface area (Å²) in [5.41, 5.74) is 8.02. The van der Waals surface area contributed by atoms with Crippen LogP contribution in [0.25, 0.3) is 0 Å². The van der Waals surface area contributed by atoms with E-state index in [2.05, 4.69) is 17.0 Å². The molecule has 0 aromatic heterocycles. The molecule has 0 bridgehead atoms. The van der Waals surface area contributed by atoms with Crippen LogP contribution in [-0.4, -0.2) is 22.8 Å². The molecule has 2 rings (SSSR count). The first-order chi connectivity index (χ1) is 6.25. The van der Waals surface area contributed by atoms with Gasteiger partial charge in [-0.15, -0.1) is 0 Å². The smallest absolute Gasteiger partial charge is 0.115 e. The predicted octanol–water partition coefficient (Wildman–Crippen LogP) is 0.279. The summed E-state index contributed by atoms with van der Waals surface area (Å²) in [7, 11) is 0. The number of hydrogen-bond donors (Lipinski definition) is 2. The van der Waals surface area contributed by atoms with Crippen molar-refractivity contribution >= 4 is 0 Å². The number of nitrogens with two attached hydrogens (primary N) is 1. The molecular weight excluding hydrogens is 164 g/mol. The molecule has 1 aromatic carbocycles. The third kappa shape index (κ3) is 1.88. The van der Waals surface area contributed by atoms with E-state index in [9.17, 15) is 0 Å². The molecule has 70 valence electrons. The fourth-order valence-corrected chi connectivity index (χ4v) is 1.80. The van der Waals surface area contributed by atoms with E-state index in [1.165, 1.54) is 11.1 Å². The number of nitrogens with zero attached hydrogens (tertiary/aromatic N) is 1. The molecule has 0 saturated heterocycles. The lowest BCUT2D eigenvalue weighted by Gasteiger charge is -2.15. The van der Waals surface area contributed by atoms with Crippen molar-refractivity contribution in [2.45, 2.75) is 19.3 Å². The van der Waals surface area contributed by atoms with E-state index in [0.29, 0.717) is 6.54 Å². The second-order valence-corrected chi connectivity index (χ2v) is 3.51. The average molecular weight is 178 g/mol. The van der Waals surface area contributed by atoms with E-state index in [4.69, 9.17) is 10.8 Å². The first-order valence-electron chi connectivity index (χ1n) is 4.48. The van der Waals surface area contributed by atoms with Crippen molar-refractivity contribution in [2.75, 3.05) is 6.54 Å². The van der Waals surface area contributed by atoms with Gasteiger partial charge in [0.15, 0.2) is 0 Å². The third-order valence-corrected chi connectivity index (χ3v) is 2.35. The summed E-state index contributed by atoms with van der Waals surface area (Å²) in [5, 5.41) is 9.03. The zero-order chi connectivity index (χ0) is 9.26. The average Bonchev–Trinajstić information content (AvgIpc) is 2.44. The molecule has 1 aromatic rings. The number of benzene rings is 1. The van der Waals surface area contributed by atoms with Crippen LogP contribution in [0.1, 0.15) is 11.1 Å². The van der Waals surface area contributed by atoms with Crippen LogP contribution in [0, 0.1) is 0 Å². The number of β-amino-alcohol motifs (C(OH)–C–C–N with tert-alkyl or cyclic N) is 1. The molecule has 3 N–H and O–H groups in total. The van der Waals surface area contributed by atoms with Gasteiger partial charge in [0.05, 0.1) is 0 Å². The molecule has 3 heteroatoms. The van der Waals surface area contributed by atoms with Crippen molar-refractivity contribution in [1.82, 2.24) is 4.90 Å². The number of aliphatic hydroxyl groups is 1. The normalized spacial score (nSPS) is 18.6. The fraction of sp³-hybridized carbons (Fsp3) is 0.400. The Kier molecular flexibility index (Phi) is 2.31. The van der Waals surface area contributed by atoms with E-state index < -0.39 is 6.23 Å². The van der Waals surface area contributed by atoms with E-state index in [1.54, 1.807) is 0 Å². The number of hydrogen-bond acceptors (Lipinski definition) is 3. The maximum atomic E-state index is 9.03. The van der Waals surface area contributed by atoms with Crippen LogP contribution in [0.3, 0.4) is 0 Å². The Hall–Kier alpha value is -0.900. The van der Waals surface area contributed by atoms with Gasteiger partial charge in [0.1, 0.15) is 6.23 Å². The van der Waals surface area contributed by atoms with Crippen molar-refractivity contribution in [3.63, 3.8) is 0 Å². The first kappa shape index (κ1) is 8.69. The maximum Gasteiger partial charge on any atom is 0.115 e. The van der Waals surface area contributed by atoms with E-state index in [1.807, 2.05) is 12.1 Å². The molecule has 1 heterocycles. The Morgan fingerprint density at radius 2 is 1.85 bits per heavy atom. The third-order valence-electron chi connectivity index (χ3n) is 2.35. The van der Waals surface area contributed by atoms with Crippen molar-refractivity contribution in [3.05, 3.63) is 35.4 Å². The summed E-state index contributed by atoms with van der Waals surface area (Å²) in [6, 6.07) is 8.33. The van der Waals surface area contributed by atoms with E-state index in [-0.39, 0.29) is 0 Å². The molecule has 0 radical (unpaired) electrons. The molecule has 0 spiro atoms. The molecule has 3 nitrogen and oxygen atoms in total. The van der Waals surface area contributed by atoms with Crippen LogP contribution >= 0.6 is 0 Å². The highest BCUT2D eigenvalue weighted by molar-refractivity contribution is 5.30. The van der Waals surface area contributed by atoms with Crippen molar-refractivity contribution in [3.8, 4) is 0 Å². The SMILES string of the molecule is NC(O)CN1Cc2ccccc2C1. The van der Waals surface area contributed by atoms with Crippen molar-refractivity contribution in [1.29, 1.82) is 0 Å². The molecule has 1 aliphatic rings. The quantitative estimate of drug-likeness (QED) is 0.639. The Labute approximate surface area is 77.8 Å².